The summed E-state index contributed by atoms with van der Waals surface area (Å²) < 4.78 is 15.9. The van der Waals surface area contributed by atoms with E-state index < -0.39 is 0 Å². The number of benzene rings is 1. The molecule has 0 fully saturated rings. The molecule has 1 aromatic rings. The van der Waals surface area contributed by atoms with Crippen LogP contribution in [-0.2, 0) is 6.42 Å². The summed E-state index contributed by atoms with van der Waals surface area (Å²) in [5.74, 6) is 1.96. The van der Waals surface area contributed by atoms with Crippen molar-refractivity contribution in [1.29, 1.82) is 0 Å². The molecule has 0 N–H and O–H groups in total. The lowest BCUT2D eigenvalue weighted by atomic mass is 10.1. The Bertz CT molecular complexity index is 334. The van der Waals surface area contributed by atoms with Crippen molar-refractivity contribution in [1.82, 2.24) is 0 Å². The summed E-state index contributed by atoms with van der Waals surface area (Å²) in [6.07, 6.45) is 3.24. The summed E-state index contributed by atoms with van der Waals surface area (Å²) in [5.41, 5.74) is 1.11. The molecule has 0 aliphatic rings. The van der Waals surface area contributed by atoms with Gasteiger partial charge in [-0.25, -0.2) is 0 Å². The van der Waals surface area contributed by atoms with E-state index in [1.807, 2.05) is 6.07 Å². The van der Waals surface area contributed by atoms with E-state index in [2.05, 4.69) is 13.0 Å². The number of hydrogen-bond donors (Lipinski definition) is 0. The van der Waals surface area contributed by atoms with E-state index in [0.717, 1.165) is 30.6 Å². The first-order chi connectivity index (χ1) is 7.78. The molecular formula is C13H19O3. The minimum atomic E-state index is 0.583. The molecule has 3 heteroatoms. The van der Waals surface area contributed by atoms with Crippen molar-refractivity contribution in [3.63, 3.8) is 0 Å². The molecular weight excluding hydrogens is 204 g/mol. The molecule has 0 unspecified atom stereocenters. The molecule has 0 bridgehead atoms. The highest BCUT2D eigenvalue weighted by Gasteiger charge is 2.15. The van der Waals surface area contributed by atoms with Crippen LogP contribution in [0.5, 0.6) is 17.2 Å². The van der Waals surface area contributed by atoms with Gasteiger partial charge in [0.2, 0.25) is 5.75 Å². The van der Waals surface area contributed by atoms with Crippen LogP contribution < -0.4 is 14.2 Å². The van der Waals surface area contributed by atoms with Crippen LogP contribution in [0.25, 0.3) is 0 Å². The second-order valence-corrected chi connectivity index (χ2v) is 3.52. The molecule has 0 saturated carbocycles. The predicted octanol–water partition coefficient (Wildman–Crippen LogP) is 2.86. The van der Waals surface area contributed by atoms with Crippen LogP contribution in [0.2, 0.25) is 0 Å². The van der Waals surface area contributed by atoms with Crippen LogP contribution in [0.15, 0.2) is 6.07 Å². The lowest BCUT2D eigenvalue weighted by molar-refractivity contribution is 0.321. The Morgan fingerprint density at radius 3 is 2.25 bits per heavy atom. The van der Waals surface area contributed by atoms with E-state index in [4.69, 9.17) is 14.2 Å². The average molecular weight is 223 g/mol. The number of hydrogen-bond acceptors (Lipinski definition) is 3. The normalized spacial score (nSPS) is 10.0. The third-order valence-corrected chi connectivity index (χ3v) is 2.49. The summed E-state index contributed by atoms with van der Waals surface area (Å²) in [6.45, 7) is 2.16. The standard InChI is InChI=1S/C13H19O3/c1-5-6-7-10-8-9-11(14-2)13(16-4)12(10)15-3/h8H,5-7H2,1-4H3. The maximum atomic E-state index is 5.38. The van der Waals surface area contributed by atoms with E-state index in [1.54, 1.807) is 21.3 Å². The van der Waals surface area contributed by atoms with Crippen LogP contribution in [0, 0.1) is 6.07 Å². The topological polar surface area (TPSA) is 27.7 Å². The van der Waals surface area contributed by atoms with Crippen molar-refractivity contribution in [2.75, 3.05) is 21.3 Å². The molecule has 0 spiro atoms. The minimum Gasteiger partial charge on any atom is -0.492 e. The van der Waals surface area contributed by atoms with Gasteiger partial charge in [0, 0.05) is 6.07 Å². The van der Waals surface area contributed by atoms with Gasteiger partial charge in [0.1, 0.15) is 0 Å². The highest BCUT2D eigenvalue weighted by molar-refractivity contribution is 5.55. The Kier molecular flexibility index (Phi) is 4.96. The van der Waals surface area contributed by atoms with Crippen molar-refractivity contribution >= 4 is 0 Å². The highest BCUT2D eigenvalue weighted by Crippen LogP contribution is 2.39. The molecule has 0 atom stereocenters. The van der Waals surface area contributed by atoms with Gasteiger partial charge in [-0.05, 0) is 24.5 Å². The fourth-order valence-electron chi connectivity index (χ4n) is 1.65. The van der Waals surface area contributed by atoms with Gasteiger partial charge in [-0.1, -0.05) is 13.3 Å². The smallest absolute Gasteiger partial charge is 0.204 e. The molecule has 1 radical (unpaired) electrons. The quantitative estimate of drug-likeness (QED) is 0.742. The predicted molar refractivity (Wildman–Crippen MR) is 63.5 cm³/mol. The number of methoxy groups -OCH3 is 3. The molecule has 1 rings (SSSR count). The summed E-state index contributed by atoms with van der Waals surface area (Å²) in [5, 5.41) is 0. The summed E-state index contributed by atoms with van der Waals surface area (Å²) in [7, 11) is 4.85. The number of aryl methyl sites for hydroxylation is 1. The first-order valence-electron chi connectivity index (χ1n) is 5.48. The lowest BCUT2D eigenvalue weighted by Crippen LogP contribution is -1.99. The molecule has 0 heterocycles. The van der Waals surface area contributed by atoms with Gasteiger partial charge in [-0.3, -0.25) is 0 Å². The van der Waals surface area contributed by atoms with E-state index in [-0.39, 0.29) is 0 Å². The fraction of sp³-hybridized carbons (Fsp3) is 0.538. The zero-order valence-corrected chi connectivity index (χ0v) is 10.4. The van der Waals surface area contributed by atoms with Crippen molar-refractivity contribution in [3.05, 3.63) is 17.7 Å². The highest BCUT2D eigenvalue weighted by atomic mass is 16.5. The second-order valence-electron chi connectivity index (χ2n) is 3.52. The van der Waals surface area contributed by atoms with E-state index >= 15 is 0 Å². The molecule has 0 amide bonds. The maximum Gasteiger partial charge on any atom is 0.204 e. The van der Waals surface area contributed by atoms with Crippen molar-refractivity contribution in [2.24, 2.45) is 0 Å². The van der Waals surface area contributed by atoms with Gasteiger partial charge in [0.15, 0.2) is 11.5 Å². The largest absolute Gasteiger partial charge is 0.492 e. The molecule has 0 saturated heterocycles. The molecule has 0 aromatic heterocycles. The first-order valence-corrected chi connectivity index (χ1v) is 5.48. The summed E-state index contributed by atoms with van der Waals surface area (Å²) >= 11 is 0. The van der Waals surface area contributed by atoms with E-state index in [1.165, 1.54) is 0 Å². The molecule has 1 aromatic carbocycles. The third-order valence-electron chi connectivity index (χ3n) is 2.49. The average Bonchev–Trinajstić information content (AvgIpc) is 2.34. The zero-order chi connectivity index (χ0) is 12.0. The van der Waals surface area contributed by atoms with Gasteiger partial charge in [0.05, 0.1) is 21.3 Å². The lowest BCUT2D eigenvalue weighted by Gasteiger charge is -2.15. The van der Waals surface area contributed by atoms with Crippen LogP contribution >= 0.6 is 0 Å². The van der Waals surface area contributed by atoms with Crippen LogP contribution in [0.3, 0.4) is 0 Å². The number of unbranched alkanes of at least 4 members (excludes halogenated alkanes) is 1. The molecule has 16 heavy (non-hydrogen) atoms. The second kappa shape index (κ2) is 6.26. The van der Waals surface area contributed by atoms with Crippen molar-refractivity contribution in [3.8, 4) is 17.2 Å². The van der Waals surface area contributed by atoms with Gasteiger partial charge >= 0.3 is 0 Å². The SMILES string of the molecule is CCCCc1c[c]c(OC)c(OC)c1OC. The van der Waals surface area contributed by atoms with E-state index in [9.17, 15) is 0 Å². The van der Waals surface area contributed by atoms with E-state index in [0.29, 0.717) is 11.5 Å². The fourth-order valence-corrected chi connectivity index (χ4v) is 1.65. The molecule has 89 valence electrons. The third kappa shape index (κ3) is 2.60. The zero-order valence-electron chi connectivity index (χ0n) is 10.4. The Labute approximate surface area is 97.3 Å². The number of ether oxygens (including phenoxy) is 3. The molecule has 0 aliphatic heterocycles. The minimum absolute atomic E-state index is 0.583. The summed E-state index contributed by atoms with van der Waals surface area (Å²) in [4.78, 5) is 0. The first kappa shape index (κ1) is 12.7. The molecule has 0 aliphatic carbocycles. The Morgan fingerprint density at radius 2 is 1.75 bits per heavy atom. The van der Waals surface area contributed by atoms with Gasteiger partial charge in [-0.2, -0.15) is 0 Å². The van der Waals surface area contributed by atoms with Gasteiger partial charge in [-0.15, -0.1) is 0 Å². The van der Waals surface area contributed by atoms with Crippen LogP contribution in [0.4, 0.5) is 0 Å². The monoisotopic (exact) mass is 223 g/mol. The van der Waals surface area contributed by atoms with Crippen LogP contribution in [0.1, 0.15) is 25.3 Å². The number of rotatable bonds is 6. The Balaban J connectivity index is 3.10. The Hall–Kier alpha value is -1.38. The van der Waals surface area contributed by atoms with Gasteiger partial charge in [0.25, 0.3) is 0 Å². The molecule has 3 nitrogen and oxygen atoms in total. The Morgan fingerprint density at radius 1 is 1.06 bits per heavy atom. The van der Waals surface area contributed by atoms with Crippen molar-refractivity contribution in [2.45, 2.75) is 26.2 Å². The van der Waals surface area contributed by atoms with Gasteiger partial charge < -0.3 is 14.2 Å². The summed E-state index contributed by atoms with van der Waals surface area (Å²) in [6, 6.07) is 4.98. The van der Waals surface area contributed by atoms with Crippen molar-refractivity contribution < 1.29 is 14.2 Å². The van der Waals surface area contributed by atoms with Crippen LogP contribution in [-0.4, -0.2) is 21.3 Å². The maximum absolute atomic E-state index is 5.38.